The lowest BCUT2D eigenvalue weighted by molar-refractivity contribution is 0.0976. The molecule has 0 saturated heterocycles. The fourth-order valence-corrected chi connectivity index (χ4v) is 1.90. The molecule has 1 N–H and O–H groups in total. The van der Waals surface area contributed by atoms with Crippen molar-refractivity contribution >= 4 is 5.78 Å². The van der Waals surface area contributed by atoms with Gasteiger partial charge in [0.15, 0.2) is 5.78 Å². The third-order valence-corrected chi connectivity index (χ3v) is 3.01. The van der Waals surface area contributed by atoms with Gasteiger partial charge in [0.2, 0.25) is 0 Å². The molecule has 1 aromatic rings. The number of phenols is 1. The number of hydrogen-bond acceptors (Lipinski definition) is 3. The highest BCUT2D eigenvalue weighted by Crippen LogP contribution is 2.25. The van der Waals surface area contributed by atoms with Crippen LogP contribution in [0, 0.1) is 0 Å². The van der Waals surface area contributed by atoms with Gasteiger partial charge in [0.25, 0.3) is 0 Å². The Hall–Kier alpha value is -1.51. The van der Waals surface area contributed by atoms with Gasteiger partial charge in [0, 0.05) is 12.5 Å². The predicted molar refractivity (Wildman–Crippen MR) is 72.4 cm³/mol. The summed E-state index contributed by atoms with van der Waals surface area (Å²) in [5, 5.41) is 9.73. The minimum atomic E-state index is 0.00616. The molecule has 0 heterocycles. The van der Waals surface area contributed by atoms with Crippen LogP contribution in [0.15, 0.2) is 18.2 Å². The molecule has 0 unspecified atom stereocenters. The molecule has 100 valence electrons. The van der Waals surface area contributed by atoms with E-state index in [0.29, 0.717) is 17.7 Å². The SMILES string of the molecule is CCCCCCCC(=O)c1ccc(OC)cc1O. The van der Waals surface area contributed by atoms with E-state index < -0.39 is 0 Å². The largest absolute Gasteiger partial charge is 0.507 e. The number of ether oxygens (including phenoxy) is 1. The molecule has 3 nitrogen and oxygen atoms in total. The number of benzene rings is 1. The molecule has 1 rings (SSSR count). The van der Waals surface area contributed by atoms with Gasteiger partial charge in [-0.1, -0.05) is 32.6 Å². The van der Waals surface area contributed by atoms with Crippen LogP contribution in [0.1, 0.15) is 55.8 Å². The summed E-state index contributed by atoms with van der Waals surface area (Å²) in [4.78, 5) is 11.9. The molecule has 0 bridgehead atoms. The molecule has 0 spiro atoms. The van der Waals surface area contributed by atoms with Crippen molar-refractivity contribution in [2.45, 2.75) is 45.4 Å². The normalized spacial score (nSPS) is 10.3. The van der Waals surface area contributed by atoms with E-state index in [-0.39, 0.29) is 11.5 Å². The van der Waals surface area contributed by atoms with Crippen LogP contribution < -0.4 is 4.74 Å². The van der Waals surface area contributed by atoms with Crippen molar-refractivity contribution in [3.05, 3.63) is 23.8 Å². The summed E-state index contributed by atoms with van der Waals surface area (Å²) < 4.78 is 4.98. The van der Waals surface area contributed by atoms with Crippen molar-refractivity contribution in [3.8, 4) is 11.5 Å². The van der Waals surface area contributed by atoms with E-state index in [0.717, 1.165) is 12.8 Å². The first-order valence-electron chi connectivity index (χ1n) is 6.59. The highest BCUT2D eigenvalue weighted by Gasteiger charge is 2.11. The van der Waals surface area contributed by atoms with E-state index in [2.05, 4.69) is 6.92 Å². The van der Waals surface area contributed by atoms with Crippen LogP contribution in [0.2, 0.25) is 0 Å². The van der Waals surface area contributed by atoms with Gasteiger partial charge in [0.1, 0.15) is 11.5 Å². The van der Waals surface area contributed by atoms with Gasteiger partial charge in [-0.25, -0.2) is 0 Å². The highest BCUT2D eigenvalue weighted by atomic mass is 16.5. The van der Waals surface area contributed by atoms with E-state index in [1.807, 2.05) is 0 Å². The molecular weight excluding hydrogens is 228 g/mol. The third kappa shape index (κ3) is 4.40. The Morgan fingerprint density at radius 2 is 1.94 bits per heavy atom. The van der Waals surface area contributed by atoms with Crippen LogP contribution in [0.5, 0.6) is 11.5 Å². The average Bonchev–Trinajstić information content (AvgIpc) is 2.38. The van der Waals surface area contributed by atoms with Gasteiger partial charge < -0.3 is 9.84 Å². The van der Waals surface area contributed by atoms with Crippen molar-refractivity contribution in [2.75, 3.05) is 7.11 Å². The van der Waals surface area contributed by atoms with E-state index in [1.54, 1.807) is 12.1 Å². The molecule has 18 heavy (non-hydrogen) atoms. The summed E-state index contributed by atoms with van der Waals surface area (Å²) in [5.74, 6) is 0.576. The maximum atomic E-state index is 11.9. The monoisotopic (exact) mass is 250 g/mol. The number of phenolic OH excluding ortho intramolecular Hbond substituents is 1. The first kappa shape index (κ1) is 14.6. The van der Waals surface area contributed by atoms with Crippen LogP contribution in [0.3, 0.4) is 0 Å². The minimum Gasteiger partial charge on any atom is -0.507 e. The Balaban J connectivity index is 2.46. The molecule has 0 fully saturated rings. The number of rotatable bonds is 8. The van der Waals surface area contributed by atoms with Crippen LogP contribution in [-0.4, -0.2) is 18.0 Å². The Morgan fingerprint density at radius 1 is 1.22 bits per heavy atom. The lowest BCUT2D eigenvalue weighted by Gasteiger charge is -2.06. The van der Waals surface area contributed by atoms with E-state index in [9.17, 15) is 9.90 Å². The second-order valence-electron chi connectivity index (χ2n) is 4.47. The molecule has 0 aliphatic rings. The molecule has 3 heteroatoms. The number of methoxy groups -OCH3 is 1. The van der Waals surface area contributed by atoms with Gasteiger partial charge in [-0.3, -0.25) is 4.79 Å². The average molecular weight is 250 g/mol. The summed E-state index contributed by atoms with van der Waals surface area (Å²) in [6, 6.07) is 4.80. The fraction of sp³-hybridized carbons (Fsp3) is 0.533. The van der Waals surface area contributed by atoms with Crippen LogP contribution in [-0.2, 0) is 0 Å². The predicted octanol–water partition coefficient (Wildman–Crippen LogP) is 3.94. The molecule has 1 aromatic carbocycles. The smallest absolute Gasteiger partial charge is 0.166 e. The summed E-state index contributed by atoms with van der Waals surface area (Å²) in [5.41, 5.74) is 0.395. The fourth-order valence-electron chi connectivity index (χ4n) is 1.90. The second kappa shape index (κ2) is 7.75. The molecule has 0 aliphatic heterocycles. The van der Waals surface area contributed by atoms with Crippen molar-refractivity contribution in [2.24, 2.45) is 0 Å². The zero-order valence-corrected chi connectivity index (χ0v) is 11.2. The maximum Gasteiger partial charge on any atom is 0.166 e. The molecule has 0 aromatic heterocycles. The van der Waals surface area contributed by atoms with E-state index in [4.69, 9.17) is 4.74 Å². The Morgan fingerprint density at radius 3 is 2.56 bits per heavy atom. The number of carbonyl (C=O) groups excluding carboxylic acids is 1. The quantitative estimate of drug-likeness (QED) is 0.561. The maximum absolute atomic E-state index is 11.9. The number of aromatic hydroxyl groups is 1. The van der Waals surface area contributed by atoms with Gasteiger partial charge in [-0.2, -0.15) is 0 Å². The molecular formula is C15H22O3. The topological polar surface area (TPSA) is 46.5 Å². The Bertz CT molecular complexity index is 385. The van der Waals surface area contributed by atoms with Gasteiger partial charge in [0.05, 0.1) is 12.7 Å². The zero-order chi connectivity index (χ0) is 13.4. The summed E-state index contributed by atoms with van der Waals surface area (Å²) in [6.45, 7) is 2.17. The van der Waals surface area contributed by atoms with E-state index in [1.165, 1.54) is 32.4 Å². The summed E-state index contributed by atoms with van der Waals surface area (Å²) >= 11 is 0. The Kier molecular flexibility index (Phi) is 6.26. The van der Waals surface area contributed by atoms with Crippen LogP contribution >= 0.6 is 0 Å². The Labute approximate surface area is 109 Å². The number of Topliss-reactive ketones (excluding diaryl/α,β-unsaturated/α-hetero) is 1. The van der Waals surface area contributed by atoms with Crippen LogP contribution in [0.25, 0.3) is 0 Å². The number of unbranched alkanes of at least 4 members (excludes halogenated alkanes) is 4. The van der Waals surface area contributed by atoms with E-state index >= 15 is 0 Å². The zero-order valence-electron chi connectivity index (χ0n) is 11.2. The molecule has 0 saturated carbocycles. The van der Waals surface area contributed by atoms with Crippen molar-refractivity contribution in [1.82, 2.24) is 0 Å². The molecule has 0 radical (unpaired) electrons. The lowest BCUT2D eigenvalue weighted by atomic mass is 10.0. The van der Waals surface area contributed by atoms with Gasteiger partial charge >= 0.3 is 0 Å². The van der Waals surface area contributed by atoms with Crippen molar-refractivity contribution < 1.29 is 14.6 Å². The highest BCUT2D eigenvalue weighted by molar-refractivity contribution is 5.98. The van der Waals surface area contributed by atoms with Gasteiger partial charge in [-0.05, 0) is 18.6 Å². The molecule has 0 atom stereocenters. The minimum absolute atomic E-state index is 0.00616. The van der Waals surface area contributed by atoms with Crippen molar-refractivity contribution in [3.63, 3.8) is 0 Å². The standard InChI is InChI=1S/C15H22O3/c1-3-4-5-6-7-8-14(16)13-10-9-12(18-2)11-15(13)17/h9-11,17H,3-8H2,1-2H3. The first-order chi connectivity index (χ1) is 8.69. The lowest BCUT2D eigenvalue weighted by Crippen LogP contribution is -1.99. The molecule has 0 aliphatic carbocycles. The third-order valence-electron chi connectivity index (χ3n) is 3.01. The first-order valence-corrected chi connectivity index (χ1v) is 6.59. The van der Waals surface area contributed by atoms with Gasteiger partial charge in [-0.15, -0.1) is 0 Å². The number of ketones is 1. The number of carbonyl (C=O) groups is 1. The molecule has 0 amide bonds. The van der Waals surface area contributed by atoms with Crippen molar-refractivity contribution in [1.29, 1.82) is 0 Å². The number of hydrogen-bond donors (Lipinski definition) is 1. The second-order valence-corrected chi connectivity index (χ2v) is 4.47. The summed E-state index contributed by atoms with van der Waals surface area (Å²) in [7, 11) is 1.53. The summed E-state index contributed by atoms with van der Waals surface area (Å²) in [6.07, 6.45) is 6.08. The van der Waals surface area contributed by atoms with Crippen LogP contribution in [0.4, 0.5) is 0 Å².